The van der Waals surface area contributed by atoms with Crippen LogP contribution >= 0.6 is 23.2 Å². The molecule has 2 saturated heterocycles. The largest absolute Gasteiger partial charge is 0.369 e. The van der Waals surface area contributed by atoms with Gasteiger partial charge in [0.2, 0.25) is 5.91 Å². The summed E-state index contributed by atoms with van der Waals surface area (Å²) >= 11 is 12.0. The molecule has 146 valence electrons. The van der Waals surface area contributed by atoms with Crippen molar-refractivity contribution in [3.63, 3.8) is 0 Å². The van der Waals surface area contributed by atoms with E-state index in [1.807, 2.05) is 4.90 Å². The fourth-order valence-electron chi connectivity index (χ4n) is 3.78. The summed E-state index contributed by atoms with van der Waals surface area (Å²) in [4.78, 5) is 30.8. The van der Waals surface area contributed by atoms with Crippen molar-refractivity contribution in [1.82, 2.24) is 4.90 Å². The average Bonchev–Trinajstić information content (AvgIpc) is 2.96. The number of piperazine rings is 1. The minimum atomic E-state index is -0.486. The number of amides is 2. The molecule has 0 radical (unpaired) electrons. The van der Waals surface area contributed by atoms with Gasteiger partial charge in [0.15, 0.2) is 0 Å². The van der Waals surface area contributed by atoms with Gasteiger partial charge >= 0.3 is 0 Å². The quantitative estimate of drug-likeness (QED) is 0.710. The van der Waals surface area contributed by atoms with Crippen molar-refractivity contribution in [2.75, 3.05) is 36.0 Å². The van der Waals surface area contributed by atoms with Crippen molar-refractivity contribution in [3.8, 4) is 0 Å². The maximum atomic E-state index is 13.1. The first-order valence-electron chi connectivity index (χ1n) is 9.00. The van der Waals surface area contributed by atoms with Crippen molar-refractivity contribution >= 4 is 46.4 Å². The monoisotopic (exact) mass is 421 g/mol. The van der Waals surface area contributed by atoms with Crippen molar-refractivity contribution in [3.05, 3.63) is 58.3 Å². The molecule has 2 amide bonds. The van der Waals surface area contributed by atoms with Crippen LogP contribution in [0.1, 0.15) is 6.42 Å². The Hall–Kier alpha value is -2.15. The van der Waals surface area contributed by atoms with Gasteiger partial charge in [0.1, 0.15) is 5.82 Å². The lowest BCUT2D eigenvalue weighted by Crippen LogP contribution is -2.52. The standard InChI is InChI=1S/C20H18Cl2FN3O2/c21-13-9-14(22)11-17(10-13)26-19(27)12-18(20(26)28)25-7-5-24(6-8-25)16-3-1-15(23)2-4-16/h1-4,9-11,18H,5-8,12H2. The van der Waals surface area contributed by atoms with E-state index in [4.69, 9.17) is 23.2 Å². The number of rotatable bonds is 3. The van der Waals surface area contributed by atoms with E-state index < -0.39 is 6.04 Å². The van der Waals surface area contributed by atoms with Crippen LogP contribution in [0.3, 0.4) is 0 Å². The van der Waals surface area contributed by atoms with Crippen molar-refractivity contribution in [2.24, 2.45) is 0 Å². The van der Waals surface area contributed by atoms with Crippen LogP contribution in [0.15, 0.2) is 42.5 Å². The van der Waals surface area contributed by atoms with Crippen LogP contribution < -0.4 is 9.80 Å². The molecule has 0 bridgehead atoms. The average molecular weight is 422 g/mol. The molecule has 0 aromatic heterocycles. The van der Waals surface area contributed by atoms with Crippen LogP contribution in [0.2, 0.25) is 10.0 Å². The number of carbonyl (C=O) groups excluding carboxylic acids is 2. The zero-order valence-corrected chi connectivity index (χ0v) is 16.5. The first-order chi connectivity index (χ1) is 13.4. The Morgan fingerprint density at radius 3 is 2.07 bits per heavy atom. The molecule has 0 N–H and O–H groups in total. The van der Waals surface area contributed by atoms with E-state index in [1.165, 1.54) is 17.0 Å². The Labute approximate surface area is 172 Å². The molecular weight excluding hydrogens is 404 g/mol. The molecule has 2 aliphatic rings. The zero-order valence-electron chi connectivity index (χ0n) is 14.9. The molecule has 1 atom stereocenters. The highest BCUT2D eigenvalue weighted by Crippen LogP contribution is 2.31. The number of hydrogen-bond donors (Lipinski definition) is 0. The summed E-state index contributed by atoms with van der Waals surface area (Å²) in [5.74, 6) is -0.772. The van der Waals surface area contributed by atoms with E-state index in [2.05, 4.69) is 4.90 Å². The normalized spacial score (nSPS) is 20.9. The van der Waals surface area contributed by atoms with Crippen LogP contribution in [0, 0.1) is 5.82 Å². The second-order valence-corrected chi connectivity index (χ2v) is 7.79. The van der Waals surface area contributed by atoms with Gasteiger partial charge in [0.25, 0.3) is 5.91 Å². The maximum Gasteiger partial charge on any atom is 0.251 e. The first kappa shape index (κ1) is 19.2. The second-order valence-electron chi connectivity index (χ2n) is 6.91. The molecule has 2 aromatic rings. The molecule has 4 rings (SSSR count). The Kier molecular flexibility index (Phi) is 5.27. The summed E-state index contributed by atoms with van der Waals surface area (Å²) in [6.45, 7) is 2.69. The topological polar surface area (TPSA) is 43.9 Å². The summed E-state index contributed by atoms with van der Waals surface area (Å²) < 4.78 is 13.1. The summed E-state index contributed by atoms with van der Waals surface area (Å²) in [6, 6.07) is 10.6. The number of carbonyl (C=O) groups is 2. The van der Waals surface area contributed by atoms with E-state index in [9.17, 15) is 14.0 Å². The highest BCUT2D eigenvalue weighted by atomic mass is 35.5. The van der Waals surface area contributed by atoms with Gasteiger partial charge in [-0.05, 0) is 42.5 Å². The molecular formula is C20H18Cl2FN3O2. The third-order valence-electron chi connectivity index (χ3n) is 5.18. The van der Waals surface area contributed by atoms with Gasteiger partial charge < -0.3 is 4.90 Å². The molecule has 2 heterocycles. The Bertz CT molecular complexity index is 894. The van der Waals surface area contributed by atoms with Gasteiger partial charge in [-0.25, -0.2) is 9.29 Å². The van der Waals surface area contributed by atoms with Gasteiger partial charge in [-0.15, -0.1) is 0 Å². The lowest BCUT2D eigenvalue weighted by Gasteiger charge is -2.38. The van der Waals surface area contributed by atoms with E-state index >= 15 is 0 Å². The molecule has 0 aliphatic carbocycles. The van der Waals surface area contributed by atoms with Gasteiger partial charge in [0, 0.05) is 41.9 Å². The SMILES string of the molecule is O=C1CC(N2CCN(c3ccc(F)cc3)CC2)C(=O)N1c1cc(Cl)cc(Cl)c1. The molecule has 8 heteroatoms. The van der Waals surface area contributed by atoms with E-state index in [0.717, 1.165) is 5.69 Å². The molecule has 5 nitrogen and oxygen atoms in total. The second kappa shape index (κ2) is 7.70. The number of benzene rings is 2. The van der Waals surface area contributed by atoms with Gasteiger partial charge in [-0.3, -0.25) is 14.5 Å². The van der Waals surface area contributed by atoms with Crippen molar-refractivity contribution in [1.29, 1.82) is 0 Å². The minimum absolute atomic E-state index is 0.138. The molecule has 1 unspecified atom stereocenters. The van der Waals surface area contributed by atoms with Crippen LogP contribution in [0.4, 0.5) is 15.8 Å². The van der Waals surface area contributed by atoms with E-state index in [0.29, 0.717) is 41.9 Å². The highest BCUT2D eigenvalue weighted by Gasteiger charge is 2.43. The summed E-state index contributed by atoms with van der Waals surface area (Å²) in [5.41, 5.74) is 1.35. The first-order valence-corrected chi connectivity index (χ1v) is 9.75. The smallest absolute Gasteiger partial charge is 0.251 e. The molecule has 0 saturated carbocycles. The van der Waals surface area contributed by atoms with Crippen molar-refractivity contribution < 1.29 is 14.0 Å². The predicted octanol–water partition coefficient (Wildman–Crippen LogP) is 3.59. The molecule has 2 fully saturated rings. The van der Waals surface area contributed by atoms with Crippen LogP contribution in [0.5, 0.6) is 0 Å². The molecule has 2 aromatic carbocycles. The number of halogens is 3. The lowest BCUT2D eigenvalue weighted by molar-refractivity contribution is -0.123. The fraction of sp³-hybridized carbons (Fsp3) is 0.300. The van der Waals surface area contributed by atoms with Crippen molar-refractivity contribution in [2.45, 2.75) is 12.5 Å². The zero-order chi connectivity index (χ0) is 19.8. The maximum absolute atomic E-state index is 13.1. The highest BCUT2D eigenvalue weighted by molar-refractivity contribution is 6.35. The van der Waals surface area contributed by atoms with Crippen LogP contribution in [-0.2, 0) is 9.59 Å². The summed E-state index contributed by atoms with van der Waals surface area (Å²) in [5, 5.41) is 0.749. The Morgan fingerprint density at radius 1 is 0.857 bits per heavy atom. The summed E-state index contributed by atoms with van der Waals surface area (Å²) in [6.07, 6.45) is 0.138. The lowest BCUT2D eigenvalue weighted by atomic mass is 10.1. The van der Waals surface area contributed by atoms with E-state index in [1.54, 1.807) is 30.3 Å². The van der Waals surface area contributed by atoms with Gasteiger partial charge in [0.05, 0.1) is 18.2 Å². The third-order valence-corrected chi connectivity index (χ3v) is 5.61. The molecule has 28 heavy (non-hydrogen) atoms. The number of hydrogen-bond acceptors (Lipinski definition) is 4. The Morgan fingerprint density at radius 2 is 1.46 bits per heavy atom. The van der Waals surface area contributed by atoms with Gasteiger partial charge in [-0.2, -0.15) is 0 Å². The van der Waals surface area contributed by atoms with E-state index in [-0.39, 0.29) is 24.1 Å². The third kappa shape index (κ3) is 3.72. The minimum Gasteiger partial charge on any atom is -0.369 e. The Balaban J connectivity index is 1.45. The molecule has 2 aliphatic heterocycles. The van der Waals surface area contributed by atoms with Gasteiger partial charge in [-0.1, -0.05) is 23.2 Å². The predicted molar refractivity (Wildman–Crippen MR) is 108 cm³/mol. The number of anilines is 2. The molecule has 0 spiro atoms. The van der Waals surface area contributed by atoms with Crippen LogP contribution in [0.25, 0.3) is 0 Å². The fourth-order valence-corrected chi connectivity index (χ4v) is 4.30. The number of nitrogens with zero attached hydrogens (tertiary/aromatic N) is 3. The van der Waals surface area contributed by atoms with Crippen LogP contribution in [-0.4, -0.2) is 48.9 Å². The number of imide groups is 1. The summed E-state index contributed by atoms with van der Waals surface area (Å²) in [7, 11) is 0.